The number of aromatic nitrogens is 1. The molecular weight excluding hydrogens is 230 g/mol. The fourth-order valence-electron chi connectivity index (χ4n) is 1.75. The first-order chi connectivity index (χ1) is 8.34. The van der Waals surface area contributed by atoms with Gasteiger partial charge in [0.15, 0.2) is 10.8 Å². The maximum atomic E-state index is 11.6. The Hall–Kier alpha value is -0.960. The summed E-state index contributed by atoms with van der Waals surface area (Å²) in [6, 6.07) is 0. The van der Waals surface area contributed by atoms with Crippen LogP contribution in [0.3, 0.4) is 0 Å². The summed E-state index contributed by atoms with van der Waals surface area (Å²) in [5.74, 6) is 0.201. The molecule has 94 valence electrons. The molecule has 3 heteroatoms. The number of carbonyl (C=O) groups excluding carboxylic acids is 1. The van der Waals surface area contributed by atoms with Gasteiger partial charge in [0.05, 0.1) is 0 Å². The highest BCUT2D eigenvalue weighted by molar-refractivity contribution is 7.11. The molecule has 0 fully saturated rings. The molecular formula is C14H21NOS. The van der Waals surface area contributed by atoms with E-state index >= 15 is 0 Å². The molecule has 2 nitrogen and oxygen atoms in total. The molecule has 0 N–H and O–H groups in total. The van der Waals surface area contributed by atoms with E-state index < -0.39 is 0 Å². The number of ketones is 1. The van der Waals surface area contributed by atoms with Crippen molar-refractivity contribution in [2.75, 3.05) is 0 Å². The molecule has 0 aliphatic rings. The van der Waals surface area contributed by atoms with E-state index in [4.69, 9.17) is 0 Å². The SMILES string of the molecule is C=CCCCCCCCCC(=O)c1nccs1. The summed E-state index contributed by atoms with van der Waals surface area (Å²) in [5.41, 5.74) is 0. The predicted octanol–water partition coefficient (Wildman–Crippen LogP) is 4.63. The third kappa shape index (κ3) is 6.37. The maximum absolute atomic E-state index is 11.6. The van der Waals surface area contributed by atoms with Crippen molar-refractivity contribution in [3.63, 3.8) is 0 Å². The second kappa shape index (κ2) is 9.11. The van der Waals surface area contributed by atoms with Crippen LogP contribution < -0.4 is 0 Å². The normalized spacial score (nSPS) is 10.4. The minimum Gasteiger partial charge on any atom is -0.292 e. The van der Waals surface area contributed by atoms with E-state index in [1.807, 2.05) is 11.5 Å². The Labute approximate surface area is 108 Å². The van der Waals surface area contributed by atoms with Gasteiger partial charge in [0.1, 0.15) is 0 Å². The summed E-state index contributed by atoms with van der Waals surface area (Å²) in [6.45, 7) is 3.71. The molecule has 0 atom stereocenters. The number of hydrogen-bond acceptors (Lipinski definition) is 3. The van der Waals surface area contributed by atoms with Gasteiger partial charge in [-0.15, -0.1) is 17.9 Å². The van der Waals surface area contributed by atoms with Crippen LogP contribution in [0.1, 0.15) is 61.2 Å². The molecule has 0 radical (unpaired) electrons. The minimum atomic E-state index is 0.201. The van der Waals surface area contributed by atoms with Crippen molar-refractivity contribution < 1.29 is 4.79 Å². The first-order valence-electron chi connectivity index (χ1n) is 6.38. The van der Waals surface area contributed by atoms with Crippen molar-refractivity contribution in [3.05, 3.63) is 29.2 Å². The summed E-state index contributed by atoms with van der Waals surface area (Å²) in [4.78, 5) is 15.6. The second-order valence-corrected chi connectivity index (χ2v) is 5.10. The quantitative estimate of drug-likeness (QED) is 0.345. The molecule has 0 spiro atoms. The van der Waals surface area contributed by atoms with Crippen molar-refractivity contribution in [2.24, 2.45) is 0 Å². The highest BCUT2D eigenvalue weighted by Crippen LogP contribution is 2.12. The Bertz CT molecular complexity index is 319. The van der Waals surface area contributed by atoms with Gasteiger partial charge < -0.3 is 0 Å². The smallest absolute Gasteiger partial charge is 0.191 e. The lowest BCUT2D eigenvalue weighted by atomic mass is 10.1. The lowest BCUT2D eigenvalue weighted by Crippen LogP contribution is -1.97. The monoisotopic (exact) mass is 251 g/mol. The lowest BCUT2D eigenvalue weighted by molar-refractivity contribution is 0.0978. The van der Waals surface area contributed by atoms with Crippen molar-refractivity contribution in [1.82, 2.24) is 4.98 Å². The van der Waals surface area contributed by atoms with E-state index in [1.165, 1.54) is 37.0 Å². The standard InChI is InChI=1S/C14H21NOS/c1-2-3-4-5-6-7-8-9-10-13(16)14-15-11-12-17-14/h2,11-12H,1,3-10H2. The van der Waals surface area contributed by atoms with Crippen LogP contribution in [0.4, 0.5) is 0 Å². The molecule has 1 heterocycles. The Morgan fingerprint density at radius 1 is 1.24 bits per heavy atom. The van der Waals surface area contributed by atoms with Crippen LogP contribution in [0.2, 0.25) is 0 Å². The summed E-state index contributed by atoms with van der Waals surface area (Å²) in [7, 11) is 0. The minimum absolute atomic E-state index is 0.201. The number of thiazole rings is 1. The molecule has 0 unspecified atom stereocenters. The number of carbonyl (C=O) groups is 1. The zero-order valence-corrected chi connectivity index (χ0v) is 11.2. The Morgan fingerprint density at radius 3 is 2.59 bits per heavy atom. The van der Waals surface area contributed by atoms with Crippen LogP contribution in [-0.4, -0.2) is 10.8 Å². The van der Waals surface area contributed by atoms with Gasteiger partial charge in [0.25, 0.3) is 0 Å². The van der Waals surface area contributed by atoms with E-state index in [-0.39, 0.29) is 5.78 Å². The average molecular weight is 251 g/mol. The molecule has 0 bridgehead atoms. The number of nitrogens with zero attached hydrogens (tertiary/aromatic N) is 1. The second-order valence-electron chi connectivity index (χ2n) is 4.21. The molecule has 17 heavy (non-hydrogen) atoms. The average Bonchev–Trinajstić information content (AvgIpc) is 2.86. The summed E-state index contributed by atoms with van der Waals surface area (Å²) < 4.78 is 0. The molecule has 1 aromatic heterocycles. The molecule has 1 rings (SSSR count). The van der Waals surface area contributed by atoms with E-state index in [9.17, 15) is 4.79 Å². The first kappa shape index (κ1) is 14.1. The zero-order chi connectivity index (χ0) is 12.3. The maximum Gasteiger partial charge on any atom is 0.191 e. The fraction of sp³-hybridized carbons (Fsp3) is 0.571. The van der Waals surface area contributed by atoms with E-state index in [0.717, 1.165) is 19.3 Å². The van der Waals surface area contributed by atoms with Crippen LogP contribution in [-0.2, 0) is 0 Å². The summed E-state index contributed by atoms with van der Waals surface area (Å²) in [6.07, 6.45) is 12.7. The number of allylic oxidation sites excluding steroid dienone is 1. The molecule has 0 aliphatic heterocycles. The van der Waals surface area contributed by atoms with E-state index in [0.29, 0.717) is 11.4 Å². The van der Waals surface area contributed by atoms with Crippen LogP contribution in [0.25, 0.3) is 0 Å². The van der Waals surface area contributed by atoms with Crippen molar-refractivity contribution >= 4 is 17.1 Å². The van der Waals surface area contributed by atoms with Crippen LogP contribution in [0.5, 0.6) is 0 Å². The third-order valence-corrected chi connectivity index (χ3v) is 3.55. The molecule has 0 aromatic carbocycles. The summed E-state index contributed by atoms with van der Waals surface area (Å²) in [5, 5.41) is 2.52. The highest BCUT2D eigenvalue weighted by Gasteiger charge is 2.07. The predicted molar refractivity (Wildman–Crippen MR) is 73.6 cm³/mol. The van der Waals surface area contributed by atoms with Gasteiger partial charge in [0.2, 0.25) is 0 Å². The number of rotatable bonds is 10. The number of unbranched alkanes of at least 4 members (excludes halogenated alkanes) is 6. The zero-order valence-electron chi connectivity index (χ0n) is 10.4. The van der Waals surface area contributed by atoms with Gasteiger partial charge in [-0.25, -0.2) is 4.98 Å². The van der Waals surface area contributed by atoms with Gasteiger partial charge in [0, 0.05) is 18.0 Å². The Balaban J connectivity index is 1.94. The number of Topliss-reactive ketones (excluding diaryl/α,β-unsaturated/α-hetero) is 1. The highest BCUT2D eigenvalue weighted by atomic mass is 32.1. The Kier molecular flexibility index (Phi) is 7.56. The van der Waals surface area contributed by atoms with Crippen molar-refractivity contribution in [1.29, 1.82) is 0 Å². The van der Waals surface area contributed by atoms with Crippen LogP contribution in [0, 0.1) is 0 Å². The Morgan fingerprint density at radius 2 is 1.94 bits per heavy atom. The molecule has 0 saturated carbocycles. The molecule has 0 aliphatic carbocycles. The first-order valence-corrected chi connectivity index (χ1v) is 7.26. The van der Waals surface area contributed by atoms with Gasteiger partial charge in [-0.05, 0) is 19.3 Å². The fourth-order valence-corrected chi connectivity index (χ4v) is 2.36. The molecule has 0 saturated heterocycles. The van der Waals surface area contributed by atoms with E-state index in [2.05, 4.69) is 11.6 Å². The van der Waals surface area contributed by atoms with Crippen molar-refractivity contribution in [3.8, 4) is 0 Å². The molecule has 1 aromatic rings. The van der Waals surface area contributed by atoms with Crippen LogP contribution >= 0.6 is 11.3 Å². The van der Waals surface area contributed by atoms with E-state index in [1.54, 1.807) is 6.20 Å². The van der Waals surface area contributed by atoms with Crippen molar-refractivity contribution in [2.45, 2.75) is 51.4 Å². The van der Waals surface area contributed by atoms with Gasteiger partial charge in [-0.3, -0.25) is 4.79 Å². The molecule has 0 amide bonds. The van der Waals surface area contributed by atoms with Gasteiger partial charge in [-0.1, -0.05) is 31.8 Å². The van der Waals surface area contributed by atoms with Gasteiger partial charge >= 0.3 is 0 Å². The summed E-state index contributed by atoms with van der Waals surface area (Å²) >= 11 is 1.44. The topological polar surface area (TPSA) is 30.0 Å². The lowest BCUT2D eigenvalue weighted by Gasteiger charge is -2.00. The van der Waals surface area contributed by atoms with Crippen LogP contribution in [0.15, 0.2) is 24.2 Å². The third-order valence-electron chi connectivity index (χ3n) is 2.73. The number of hydrogen-bond donors (Lipinski definition) is 0. The van der Waals surface area contributed by atoms with Gasteiger partial charge in [-0.2, -0.15) is 0 Å². The largest absolute Gasteiger partial charge is 0.292 e.